The SMILES string of the molecule is c1ccc(-c2cc(-c3ccccc3)nc(-c3ccc(-c4ccc(-c5ccc(-c6cc(-c7ccc8ccccc8c7)cc(-c7ccccn7)n6)nc5)cc4)cc3)n2)cc1. The van der Waals surface area contributed by atoms with E-state index in [2.05, 4.69) is 151 Å². The fraction of sp³-hybridized carbons (Fsp3) is 0. The van der Waals surface area contributed by atoms with E-state index in [-0.39, 0.29) is 0 Å². The smallest absolute Gasteiger partial charge is 0.160 e. The van der Waals surface area contributed by atoms with Gasteiger partial charge in [0.25, 0.3) is 0 Å². The number of nitrogens with zero attached hydrogens (tertiary/aromatic N) is 5. The maximum Gasteiger partial charge on any atom is 0.160 e. The second-order valence-corrected chi connectivity index (χ2v) is 14.2. The van der Waals surface area contributed by atoms with Crippen LogP contribution in [0.2, 0.25) is 0 Å². The second-order valence-electron chi connectivity index (χ2n) is 14.2. The number of rotatable bonds is 8. The Morgan fingerprint density at radius 3 is 1.34 bits per heavy atom. The normalized spacial score (nSPS) is 11.1. The van der Waals surface area contributed by atoms with Crippen molar-refractivity contribution in [1.29, 1.82) is 0 Å². The van der Waals surface area contributed by atoms with Gasteiger partial charge in [-0.25, -0.2) is 15.0 Å². The lowest BCUT2D eigenvalue weighted by Crippen LogP contribution is -1.95. The van der Waals surface area contributed by atoms with E-state index < -0.39 is 0 Å². The van der Waals surface area contributed by atoms with Crippen molar-refractivity contribution in [3.05, 3.63) is 213 Å². The first-order valence-electron chi connectivity index (χ1n) is 19.3. The molecule has 5 heteroatoms. The van der Waals surface area contributed by atoms with Crippen molar-refractivity contribution in [2.45, 2.75) is 0 Å². The van der Waals surface area contributed by atoms with Gasteiger partial charge >= 0.3 is 0 Å². The Bertz CT molecular complexity index is 2950. The largest absolute Gasteiger partial charge is 0.255 e. The molecule has 10 aromatic rings. The average Bonchev–Trinajstić information content (AvgIpc) is 3.32. The van der Waals surface area contributed by atoms with Crippen molar-refractivity contribution >= 4 is 10.8 Å². The molecule has 0 aliphatic heterocycles. The molecule has 58 heavy (non-hydrogen) atoms. The van der Waals surface area contributed by atoms with Crippen molar-refractivity contribution < 1.29 is 0 Å². The molecule has 0 atom stereocenters. The topological polar surface area (TPSA) is 64.5 Å². The fourth-order valence-electron chi connectivity index (χ4n) is 7.32. The van der Waals surface area contributed by atoms with Crippen LogP contribution in [0.15, 0.2) is 213 Å². The van der Waals surface area contributed by atoms with Gasteiger partial charge in [-0.1, -0.05) is 158 Å². The molecular weight excluding hydrogens is 707 g/mol. The molecule has 272 valence electrons. The van der Waals surface area contributed by atoms with E-state index in [0.29, 0.717) is 5.82 Å². The van der Waals surface area contributed by atoms with Crippen LogP contribution < -0.4 is 0 Å². The van der Waals surface area contributed by atoms with Crippen LogP contribution in [0, 0.1) is 0 Å². The van der Waals surface area contributed by atoms with E-state index >= 15 is 0 Å². The third-order valence-corrected chi connectivity index (χ3v) is 10.4. The van der Waals surface area contributed by atoms with Crippen LogP contribution in [0.1, 0.15) is 0 Å². The molecule has 10 rings (SSSR count). The molecule has 0 bridgehead atoms. The van der Waals surface area contributed by atoms with Gasteiger partial charge in [0.05, 0.1) is 34.2 Å². The highest BCUT2D eigenvalue weighted by Gasteiger charge is 2.13. The summed E-state index contributed by atoms with van der Waals surface area (Å²) >= 11 is 0. The molecule has 4 heterocycles. The van der Waals surface area contributed by atoms with E-state index in [1.165, 1.54) is 10.8 Å². The minimum atomic E-state index is 0.696. The first-order valence-corrected chi connectivity index (χ1v) is 19.3. The quantitative estimate of drug-likeness (QED) is 0.155. The summed E-state index contributed by atoms with van der Waals surface area (Å²) in [5, 5.41) is 2.41. The summed E-state index contributed by atoms with van der Waals surface area (Å²) in [6.07, 6.45) is 3.73. The summed E-state index contributed by atoms with van der Waals surface area (Å²) < 4.78 is 0. The second kappa shape index (κ2) is 15.3. The summed E-state index contributed by atoms with van der Waals surface area (Å²) in [6.45, 7) is 0. The summed E-state index contributed by atoms with van der Waals surface area (Å²) in [4.78, 5) is 24.6. The lowest BCUT2D eigenvalue weighted by atomic mass is 9.99. The highest BCUT2D eigenvalue weighted by atomic mass is 14.9. The van der Waals surface area contributed by atoms with E-state index in [4.69, 9.17) is 19.9 Å². The molecule has 5 nitrogen and oxygen atoms in total. The van der Waals surface area contributed by atoms with Crippen molar-refractivity contribution in [2.24, 2.45) is 0 Å². The number of hydrogen-bond donors (Lipinski definition) is 0. The number of pyridine rings is 3. The maximum absolute atomic E-state index is 5.04. The molecule has 0 amide bonds. The van der Waals surface area contributed by atoms with Gasteiger partial charge in [-0.2, -0.15) is 0 Å². The van der Waals surface area contributed by atoms with Crippen LogP contribution in [0.25, 0.3) is 101 Å². The molecule has 0 aliphatic rings. The molecule has 0 radical (unpaired) electrons. The number of hydrogen-bond acceptors (Lipinski definition) is 5. The molecule has 0 spiro atoms. The zero-order valence-electron chi connectivity index (χ0n) is 31.4. The van der Waals surface area contributed by atoms with Gasteiger partial charge in [-0.05, 0) is 81.1 Å². The van der Waals surface area contributed by atoms with E-state index in [0.717, 1.165) is 84.2 Å². The van der Waals surface area contributed by atoms with Crippen LogP contribution in [-0.4, -0.2) is 24.9 Å². The van der Waals surface area contributed by atoms with Crippen molar-refractivity contribution in [3.63, 3.8) is 0 Å². The number of benzene rings is 6. The Morgan fingerprint density at radius 2 is 0.759 bits per heavy atom. The van der Waals surface area contributed by atoms with Crippen LogP contribution in [0.4, 0.5) is 0 Å². The van der Waals surface area contributed by atoms with Gasteiger partial charge in [0.2, 0.25) is 0 Å². The zero-order valence-corrected chi connectivity index (χ0v) is 31.4. The minimum absolute atomic E-state index is 0.696. The van der Waals surface area contributed by atoms with Gasteiger partial charge in [0.1, 0.15) is 0 Å². The summed E-state index contributed by atoms with van der Waals surface area (Å²) in [6, 6.07) is 69.0. The highest BCUT2D eigenvalue weighted by Crippen LogP contribution is 2.33. The average molecular weight is 742 g/mol. The molecule has 0 fully saturated rings. The van der Waals surface area contributed by atoms with Crippen LogP contribution in [-0.2, 0) is 0 Å². The van der Waals surface area contributed by atoms with Crippen LogP contribution in [0.3, 0.4) is 0 Å². The Hall–Kier alpha value is -7.89. The van der Waals surface area contributed by atoms with Crippen LogP contribution >= 0.6 is 0 Å². The maximum atomic E-state index is 5.04. The van der Waals surface area contributed by atoms with Crippen molar-refractivity contribution in [3.8, 4) is 90.1 Å². The Labute approximate surface area is 337 Å². The lowest BCUT2D eigenvalue weighted by Gasteiger charge is -2.11. The summed E-state index contributed by atoms with van der Waals surface area (Å²) in [7, 11) is 0. The third kappa shape index (κ3) is 7.16. The number of aromatic nitrogens is 5. The third-order valence-electron chi connectivity index (χ3n) is 10.4. The molecule has 0 saturated carbocycles. The van der Waals surface area contributed by atoms with Gasteiger partial charge in [0.15, 0.2) is 5.82 Å². The Morgan fingerprint density at radius 1 is 0.241 bits per heavy atom. The van der Waals surface area contributed by atoms with E-state index in [9.17, 15) is 0 Å². The Kier molecular flexibility index (Phi) is 9.14. The minimum Gasteiger partial charge on any atom is -0.255 e. The predicted molar refractivity (Wildman–Crippen MR) is 236 cm³/mol. The predicted octanol–water partition coefficient (Wildman–Crippen LogP) is 13.2. The first-order chi connectivity index (χ1) is 28.7. The van der Waals surface area contributed by atoms with Crippen molar-refractivity contribution in [1.82, 2.24) is 24.9 Å². The molecule has 4 aromatic heterocycles. The van der Waals surface area contributed by atoms with Crippen molar-refractivity contribution in [2.75, 3.05) is 0 Å². The van der Waals surface area contributed by atoms with E-state index in [1.807, 2.05) is 60.8 Å². The standard InChI is InChI=1S/C53H35N5/c1-3-12-40(13-4-1)49-34-50(41-14-5-2-6-15-41)58-53(57-49)42-25-22-38(23-26-42)37-18-20-39(21-19-37)45-28-29-48(55-35-45)52-33-46(32-51(56-52)47-17-9-10-30-54-47)44-27-24-36-11-7-8-16-43(36)31-44/h1-35H. The van der Waals surface area contributed by atoms with Gasteiger partial charge in [-0.15, -0.1) is 0 Å². The molecule has 6 aromatic carbocycles. The first kappa shape index (κ1) is 34.6. The fourth-order valence-corrected chi connectivity index (χ4v) is 7.32. The zero-order chi connectivity index (χ0) is 38.7. The number of fused-ring (bicyclic) bond motifs is 1. The summed E-state index contributed by atoms with van der Waals surface area (Å²) in [5.41, 5.74) is 14.6. The van der Waals surface area contributed by atoms with Gasteiger partial charge in [0, 0.05) is 34.6 Å². The highest BCUT2D eigenvalue weighted by molar-refractivity contribution is 5.88. The summed E-state index contributed by atoms with van der Waals surface area (Å²) in [5.74, 6) is 0.696. The van der Waals surface area contributed by atoms with Gasteiger partial charge < -0.3 is 0 Å². The van der Waals surface area contributed by atoms with Gasteiger partial charge in [-0.3, -0.25) is 9.97 Å². The monoisotopic (exact) mass is 741 g/mol. The van der Waals surface area contributed by atoms with Crippen LogP contribution in [0.5, 0.6) is 0 Å². The molecular formula is C53H35N5. The Balaban J connectivity index is 0.913. The molecule has 0 unspecified atom stereocenters. The molecule has 0 aliphatic carbocycles. The van der Waals surface area contributed by atoms with E-state index in [1.54, 1.807) is 6.20 Å². The lowest BCUT2D eigenvalue weighted by molar-refractivity contribution is 1.18. The molecule has 0 N–H and O–H groups in total. The molecule has 0 saturated heterocycles.